The van der Waals surface area contributed by atoms with Gasteiger partial charge in [-0.3, -0.25) is 0 Å². The van der Waals surface area contributed by atoms with Crippen molar-refractivity contribution in [3.8, 4) is 11.5 Å². The van der Waals surface area contributed by atoms with E-state index in [1.165, 1.54) is 5.56 Å². The van der Waals surface area contributed by atoms with E-state index in [9.17, 15) is 0 Å². The highest BCUT2D eigenvalue weighted by Gasteiger charge is 2.16. The van der Waals surface area contributed by atoms with E-state index in [1.807, 2.05) is 13.1 Å². The average molecular weight is 258 g/mol. The number of likely N-dealkylation sites (N-methyl/N-ethyl adjacent to an activating group) is 1. The van der Waals surface area contributed by atoms with Crippen molar-refractivity contribution in [3.05, 3.63) is 23.8 Å². The van der Waals surface area contributed by atoms with Gasteiger partial charge in [-0.1, -0.05) is 19.9 Å². The van der Waals surface area contributed by atoms with Gasteiger partial charge in [-0.25, -0.2) is 0 Å². The molecule has 0 amide bonds. The van der Waals surface area contributed by atoms with Crippen LogP contribution in [0.25, 0.3) is 0 Å². The summed E-state index contributed by atoms with van der Waals surface area (Å²) in [6.07, 6.45) is 1.02. The molecule has 3 nitrogen and oxygen atoms in total. The van der Waals surface area contributed by atoms with Gasteiger partial charge in [0.05, 0.1) is 0 Å². The molecule has 2 rings (SSSR count). The zero-order valence-electron chi connectivity index (χ0n) is 10.5. The Morgan fingerprint density at radius 3 is 2.59 bits per heavy atom. The normalized spacial score (nSPS) is 14.6. The Balaban J connectivity index is 0.00000144. The molecule has 1 atom stereocenters. The van der Waals surface area contributed by atoms with Crippen LogP contribution in [0.15, 0.2) is 18.2 Å². The summed E-state index contributed by atoms with van der Waals surface area (Å²) in [4.78, 5) is 0. The van der Waals surface area contributed by atoms with Crippen LogP contribution in [0.1, 0.15) is 19.4 Å². The molecule has 96 valence electrons. The van der Waals surface area contributed by atoms with Crippen LogP contribution < -0.4 is 14.8 Å². The van der Waals surface area contributed by atoms with Gasteiger partial charge in [-0.05, 0) is 37.1 Å². The smallest absolute Gasteiger partial charge is 0.231 e. The van der Waals surface area contributed by atoms with Gasteiger partial charge in [0.15, 0.2) is 11.5 Å². The van der Waals surface area contributed by atoms with Crippen molar-refractivity contribution in [2.24, 2.45) is 5.92 Å². The van der Waals surface area contributed by atoms with E-state index in [4.69, 9.17) is 9.47 Å². The quantitative estimate of drug-likeness (QED) is 0.900. The van der Waals surface area contributed by atoms with Crippen molar-refractivity contribution >= 4 is 12.4 Å². The number of halogens is 1. The highest BCUT2D eigenvalue weighted by molar-refractivity contribution is 5.85. The largest absolute Gasteiger partial charge is 0.454 e. The SMILES string of the molecule is CNC(Cc1ccc2c(c1)OCO2)C(C)C.Cl. The number of nitrogens with one attached hydrogen (secondary N) is 1. The number of fused-ring (bicyclic) bond motifs is 1. The summed E-state index contributed by atoms with van der Waals surface area (Å²) in [5, 5.41) is 3.35. The van der Waals surface area contributed by atoms with Crippen molar-refractivity contribution in [3.63, 3.8) is 0 Å². The van der Waals surface area contributed by atoms with Crippen LogP contribution in [-0.2, 0) is 6.42 Å². The lowest BCUT2D eigenvalue weighted by atomic mass is 9.96. The van der Waals surface area contributed by atoms with E-state index in [0.29, 0.717) is 18.8 Å². The molecule has 0 saturated carbocycles. The molecule has 1 N–H and O–H groups in total. The molecule has 1 aliphatic heterocycles. The second kappa shape index (κ2) is 6.12. The summed E-state index contributed by atoms with van der Waals surface area (Å²) in [6.45, 7) is 4.81. The number of rotatable bonds is 4. The molecule has 1 aromatic carbocycles. The fourth-order valence-electron chi connectivity index (χ4n) is 1.99. The van der Waals surface area contributed by atoms with Crippen LogP contribution >= 0.6 is 12.4 Å². The van der Waals surface area contributed by atoms with Gasteiger partial charge in [-0.2, -0.15) is 0 Å². The van der Waals surface area contributed by atoms with Gasteiger partial charge in [-0.15, -0.1) is 12.4 Å². The maximum Gasteiger partial charge on any atom is 0.231 e. The van der Waals surface area contributed by atoms with E-state index in [-0.39, 0.29) is 12.4 Å². The Kier molecular flexibility index (Phi) is 5.09. The summed E-state index contributed by atoms with van der Waals surface area (Å²) in [5.41, 5.74) is 1.29. The van der Waals surface area contributed by atoms with Crippen molar-refractivity contribution in [1.29, 1.82) is 0 Å². The van der Waals surface area contributed by atoms with Crippen LogP contribution in [0.5, 0.6) is 11.5 Å². The maximum atomic E-state index is 5.37. The highest BCUT2D eigenvalue weighted by Crippen LogP contribution is 2.32. The minimum atomic E-state index is 0. The van der Waals surface area contributed by atoms with Gasteiger partial charge in [0.25, 0.3) is 0 Å². The van der Waals surface area contributed by atoms with Crippen LogP contribution in [0.3, 0.4) is 0 Å². The number of hydrogen-bond donors (Lipinski definition) is 1. The van der Waals surface area contributed by atoms with Crippen molar-refractivity contribution in [2.45, 2.75) is 26.3 Å². The summed E-state index contributed by atoms with van der Waals surface area (Å²) in [6, 6.07) is 6.68. The first-order chi connectivity index (χ1) is 7.70. The molecule has 1 heterocycles. The van der Waals surface area contributed by atoms with Crippen LogP contribution in [-0.4, -0.2) is 19.9 Å². The first-order valence-corrected chi connectivity index (χ1v) is 5.76. The Labute approximate surface area is 109 Å². The molecule has 0 radical (unpaired) electrons. The molecule has 1 aliphatic rings. The van der Waals surface area contributed by atoms with E-state index < -0.39 is 0 Å². The van der Waals surface area contributed by atoms with Gasteiger partial charge >= 0.3 is 0 Å². The van der Waals surface area contributed by atoms with E-state index in [1.54, 1.807) is 0 Å². The van der Waals surface area contributed by atoms with E-state index in [0.717, 1.165) is 17.9 Å². The Morgan fingerprint density at radius 2 is 1.94 bits per heavy atom. The Hall–Kier alpha value is -0.930. The second-order valence-electron chi connectivity index (χ2n) is 4.53. The molecule has 4 heteroatoms. The van der Waals surface area contributed by atoms with Crippen molar-refractivity contribution in [1.82, 2.24) is 5.32 Å². The molecule has 0 bridgehead atoms. The average Bonchev–Trinajstić information content (AvgIpc) is 2.72. The van der Waals surface area contributed by atoms with E-state index in [2.05, 4.69) is 31.3 Å². The van der Waals surface area contributed by atoms with Crippen molar-refractivity contribution < 1.29 is 9.47 Å². The zero-order valence-corrected chi connectivity index (χ0v) is 11.3. The molecule has 0 aliphatic carbocycles. The highest BCUT2D eigenvalue weighted by atomic mass is 35.5. The summed E-state index contributed by atoms with van der Waals surface area (Å²) in [5.74, 6) is 2.35. The second-order valence-corrected chi connectivity index (χ2v) is 4.53. The fraction of sp³-hybridized carbons (Fsp3) is 0.538. The monoisotopic (exact) mass is 257 g/mol. The number of hydrogen-bond acceptors (Lipinski definition) is 3. The number of benzene rings is 1. The van der Waals surface area contributed by atoms with Gasteiger partial charge in [0.1, 0.15) is 0 Å². The van der Waals surface area contributed by atoms with Crippen LogP contribution in [0.2, 0.25) is 0 Å². The number of ether oxygens (including phenoxy) is 2. The first-order valence-electron chi connectivity index (χ1n) is 5.76. The minimum Gasteiger partial charge on any atom is -0.454 e. The lowest BCUT2D eigenvalue weighted by Gasteiger charge is -2.20. The molecule has 1 unspecified atom stereocenters. The topological polar surface area (TPSA) is 30.5 Å². The van der Waals surface area contributed by atoms with Crippen LogP contribution in [0.4, 0.5) is 0 Å². The predicted octanol–water partition coefficient (Wildman–Crippen LogP) is 2.62. The summed E-state index contributed by atoms with van der Waals surface area (Å²) in [7, 11) is 2.01. The Bertz CT molecular complexity index is 368. The molecule has 0 aromatic heterocycles. The molecule has 17 heavy (non-hydrogen) atoms. The zero-order chi connectivity index (χ0) is 11.5. The molecule has 0 fully saturated rings. The minimum absolute atomic E-state index is 0. The lowest BCUT2D eigenvalue weighted by molar-refractivity contribution is 0.174. The van der Waals surface area contributed by atoms with Crippen LogP contribution in [0, 0.1) is 5.92 Å². The molecular weight excluding hydrogens is 238 g/mol. The van der Waals surface area contributed by atoms with Gasteiger partial charge in [0, 0.05) is 6.04 Å². The molecule has 0 saturated heterocycles. The third kappa shape index (κ3) is 3.27. The third-order valence-electron chi connectivity index (χ3n) is 3.07. The van der Waals surface area contributed by atoms with E-state index >= 15 is 0 Å². The fourth-order valence-corrected chi connectivity index (χ4v) is 1.99. The Morgan fingerprint density at radius 1 is 1.24 bits per heavy atom. The standard InChI is InChI=1S/C13H19NO2.ClH/c1-9(2)11(14-3)6-10-4-5-12-13(7-10)16-8-15-12;/h4-5,7,9,11,14H,6,8H2,1-3H3;1H. The summed E-state index contributed by atoms with van der Waals surface area (Å²) >= 11 is 0. The van der Waals surface area contributed by atoms with Gasteiger partial charge in [0.2, 0.25) is 6.79 Å². The maximum absolute atomic E-state index is 5.37. The van der Waals surface area contributed by atoms with Crippen molar-refractivity contribution in [2.75, 3.05) is 13.8 Å². The summed E-state index contributed by atoms with van der Waals surface area (Å²) < 4.78 is 10.7. The van der Waals surface area contributed by atoms with Gasteiger partial charge < -0.3 is 14.8 Å². The lowest BCUT2D eigenvalue weighted by Crippen LogP contribution is -2.32. The predicted molar refractivity (Wildman–Crippen MR) is 71.2 cm³/mol. The first kappa shape index (κ1) is 14.1. The molecule has 1 aromatic rings. The third-order valence-corrected chi connectivity index (χ3v) is 3.07. The molecular formula is C13H20ClNO2. The molecule has 0 spiro atoms.